The Morgan fingerprint density at radius 3 is 2.18 bits per heavy atom. The molecule has 140 valence electrons. The van der Waals surface area contributed by atoms with Crippen molar-refractivity contribution in [3.63, 3.8) is 0 Å². The number of hydrogen-bond donors (Lipinski definition) is 2. The van der Waals surface area contributed by atoms with Gasteiger partial charge in [0.15, 0.2) is 0 Å². The van der Waals surface area contributed by atoms with Crippen LogP contribution in [0.1, 0.15) is 5.56 Å². The van der Waals surface area contributed by atoms with Crippen molar-refractivity contribution in [3.8, 4) is 0 Å². The van der Waals surface area contributed by atoms with Gasteiger partial charge in [-0.1, -0.05) is 54.6 Å². The first-order chi connectivity index (χ1) is 13.8. The number of benzene rings is 3. The lowest BCUT2D eigenvalue weighted by Crippen LogP contribution is -2.20. The van der Waals surface area contributed by atoms with Crippen molar-refractivity contribution in [3.05, 3.63) is 78.4 Å². The molecule has 0 aliphatic carbocycles. The summed E-state index contributed by atoms with van der Waals surface area (Å²) < 4.78 is 5.15. The summed E-state index contributed by atoms with van der Waals surface area (Å²) in [4.78, 5) is 16.1. The van der Waals surface area contributed by atoms with Gasteiger partial charge in [0.05, 0.1) is 23.3 Å². The first kappa shape index (κ1) is 17.8. The number of carbonyl (C=O) groups excluding carboxylic acids is 1. The van der Waals surface area contributed by atoms with Crippen LogP contribution in [-0.2, 0) is 11.2 Å². The summed E-state index contributed by atoms with van der Waals surface area (Å²) in [5, 5.41) is 8.21. The van der Waals surface area contributed by atoms with Crippen LogP contribution in [0, 0.1) is 0 Å². The van der Waals surface area contributed by atoms with Crippen LogP contribution in [-0.4, -0.2) is 24.7 Å². The number of alkyl carbamates (subject to hydrolysis) is 1. The Hall–Kier alpha value is -3.60. The standard InChI is InChI=1S/C23H21N3O2/c1-24-23(27)28-15-14-16-8-2-5-11-19(16)26-22-17-9-3-6-12-20(17)25-21-13-7-4-10-18(21)22/h2-13H,14-15H2,1H3,(H,24,27)(H,25,26). The molecule has 1 heterocycles. The number of nitrogens with zero attached hydrogens (tertiary/aromatic N) is 1. The molecule has 0 saturated heterocycles. The number of anilines is 2. The summed E-state index contributed by atoms with van der Waals surface area (Å²) in [6.07, 6.45) is 0.203. The van der Waals surface area contributed by atoms with Gasteiger partial charge in [0.2, 0.25) is 0 Å². The van der Waals surface area contributed by atoms with Gasteiger partial charge in [-0.25, -0.2) is 9.78 Å². The van der Waals surface area contributed by atoms with Crippen molar-refractivity contribution in [1.82, 2.24) is 10.3 Å². The molecule has 0 aliphatic heterocycles. The molecule has 5 nitrogen and oxygen atoms in total. The van der Waals surface area contributed by atoms with Crippen LogP contribution < -0.4 is 10.6 Å². The molecule has 0 aliphatic rings. The topological polar surface area (TPSA) is 63.2 Å². The largest absolute Gasteiger partial charge is 0.449 e. The maximum atomic E-state index is 11.3. The second kappa shape index (κ2) is 7.96. The maximum absolute atomic E-state index is 11.3. The van der Waals surface area contributed by atoms with Crippen LogP contribution in [0.5, 0.6) is 0 Å². The van der Waals surface area contributed by atoms with Gasteiger partial charge >= 0.3 is 6.09 Å². The van der Waals surface area contributed by atoms with Crippen molar-refractivity contribution in [2.75, 3.05) is 19.0 Å². The Kier molecular flexibility index (Phi) is 5.06. The number of para-hydroxylation sites is 3. The molecular formula is C23H21N3O2. The number of hydrogen-bond acceptors (Lipinski definition) is 4. The van der Waals surface area contributed by atoms with Gasteiger partial charge in [0.1, 0.15) is 0 Å². The third-order valence-corrected chi connectivity index (χ3v) is 4.67. The number of amides is 1. The van der Waals surface area contributed by atoms with E-state index in [0.29, 0.717) is 13.0 Å². The highest BCUT2D eigenvalue weighted by molar-refractivity contribution is 6.08. The van der Waals surface area contributed by atoms with E-state index in [2.05, 4.69) is 22.8 Å². The molecular weight excluding hydrogens is 350 g/mol. The van der Waals surface area contributed by atoms with E-state index in [9.17, 15) is 4.79 Å². The number of ether oxygens (including phenoxy) is 1. The average molecular weight is 371 g/mol. The third kappa shape index (κ3) is 3.60. The van der Waals surface area contributed by atoms with E-state index in [0.717, 1.165) is 38.7 Å². The van der Waals surface area contributed by atoms with Gasteiger partial charge < -0.3 is 15.4 Å². The molecule has 0 bridgehead atoms. The molecule has 0 spiro atoms. The van der Waals surface area contributed by atoms with E-state index in [1.807, 2.05) is 60.7 Å². The van der Waals surface area contributed by atoms with E-state index >= 15 is 0 Å². The van der Waals surface area contributed by atoms with E-state index in [1.165, 1.54) is 0 Å². The van der Waals surface area contributed by atoms with Crippen LogP contribution in [0.4, 0.5) is 16.2 Å². The van der Waals surface area contributed by atoms with Crippen molar-refractivity contribution >= 4 is 39.3 Å². The lowest BCUT2D eigenvalue weighted by molar-refractivity contribution is 0.150. The monoisotopic (exact) mass is 371 g/mol. The predicted molar refractivity (Wildman–Crippen MR) is 113 cm³/mol. The second-order valence-electron chi connectivity index (χ2n) is 6.44. The van der Waals surface area contributed by atoms with Crippen molar-refractivity contribution in [1.29, 1.82) is 0 Å². The lowest BCUT2D eigenvalue weighted by Gasteiger charge is -2.16. The van der Waals surface area contributed by atoms with E-state index in [4.69, 9.17) is 9.72 Å². The lowest BCUT2D eigenvalue weighted by atomic mass is 10.1. The van der Waals surface area contributed by atoms with E-state index < -0.39 is 6.09 Å². The zero-order valence-corrected chi connectivity index (χ0v) is 15.6. The number of carbonyl (C=O) groups is 1. The van der Waals surface area contributed by atoms with Crippen molar-refractivity contribution < 1.29 is 9.53 Å². The van der Waals surface area contributed by atoms with Crippen LogP contribution in [0.15, 0.2) is 72.8 Å². The van der Waals surface area contributed by atoms with Crippen LogP contribution in [0.3, 0.4) is 0 Å². The molecule has 4 aromatic rings. The van der Waals surface area contributed by atoms with E-state index in [1.54, 1.807) is 7.05 Å². The Labute approximate surface area is 163 Å². The highest BCUT2D eigenvalue weighted by Gasteiger charge is 2.11. The minimum Gasteiger partial charge on any atom is -0.449 e. The minimum absolute atomic E-state index is 0.316. The fourth-order valence-electron chi connectivity index (χ4n) is 3.30. The van der Waals surface area contributed by atoms with Crippen LogP contribution >= 0.6 is 0 Å². The van der Waals surface area contributed by atoms with Crippen molar-refractivity contribution in [2.45, 2.75) is 6.42 Å². The molecule has 0 fully saturated rings. The molecule has 1 aromatic heterocycles. The quantitative estimate of drug-likeness (QED) is 0.483. The summed E-state index contributed by atoms with van der Waals surface area (Å²) >= 11 is 0. The zero-order valence-electron chi connectivity index (χ0n) is 15.6. The van der Waals surface area contributed by atoms with Crippen LogP contribution in [0.25, 0.3) is 21.8 Å². The SMILES string of the molecule is CNC(=O)OCCc1ccccc1Nc1c2ccccc2nc2ccccc12. The Balaban J connectivity index is 1.73. The molecule has 0 atom stereocenters. The Bertz CT molecular complexity index is 1090. The summed E-state index contributed by atoms with van der Waals surface area (Å²) in [5.41, 5.74) is 5.00. The fraction of sp³-hybridized carbons (Fsp3) is 0.130. The second-order valence-corrected chi connectivity index (χ2v) is 6.44. The number of nitrogens with one attached hydrogen (secondary N) is 2. The third-order valence-electron chi connectivity index (χ3n) is 4.67. The molecule has 2 N–H and O–H groups in total. The number of pyridine rings is 1. The predicted octanol–water partition coefficient (Wildman–Crippen LogP) is 5.03. The number of fused-ring (bicyclic) bond motifs is 2. The minimum atomic E-state index is -0.420. The zero-order chi connectivity index (χ0) is 19.3. The summed E-state index contributed by atoms with van der Waals surface area (Å²) in [5.74, 6) is 0. The molecule has 4 rings (SSSR count). The smallest absolute Gasteiger partial charge is 0.406 e. The van der Waals surface area contributed by atoms with Gasteiger partial charge in [0.25, 0.3) is 0 Å². The average Bonchev–Trinajstić information content (AvgIpc) is 2.74. The van der Waals surface area contributed by atoms with E-state index in [-0.39, 0.29) is 0 Å². The number of rotatable bonds is 5. The molecule has 0 saturated carbocycles. The normalized spacial score (nSPS) is 10.8. The molecule has 0 unspecified atom stereocenters. The molecule has 3 aromatic carbocycles. The molecule has 0 radical (unpaired) electrons. The van der Waals surface area contributed by atoms with Gasteiger partial charge in [-0.2, -0.15) is 0 Å². The van der Waals surface area contributed by atoms with Gasteiger partial charge in [-0.3, -0.25) is 0 Å². The van der Waals surface area contributed by atoms with Gasteiger partial charge in [-0.05, 0) is 23.8 Å². The maximum Gasteiger partial charge on any atom is 0.406 e. The molecule has 5 heteroatoms. The first-order valence-electron chi connectivity index (χ1n) is 9.23. The highest BCUT2D eigenvalue weighted by Crippen LogP contribution is 2.33. The highest BCUT2D eigenvalue weighted by atomic mass is 16.5. The Morgan fingerprint density at radius 2 is 1.50 bits per heavy atom. The summed E-state index contributed by atoms with van der Waals surface area (Å²) in [7, 11) is 1.55. The van der Waals surface area contributed by atoms with Gasteiger partial charge in [-0.15, -0.1) is 0 Å². The number of aromatic nitrogens is 1. The first-order valence-corrected chi connectivity index (χ1v) is 9.23. The Morgan fingerprint density at radius 1 is 0.893 bits per heavy atom. The van der Waals surface area contributed by atoms with Crippen LogP contribution in [0.2, 0.25) is 0 Å². The molecule has 28 heavy (non-hydrogen) atoms. The fourth-order valence-corrected chi connectivity index (χ4v) is 3.30. The van der Waals surface area contributed by atoms with Gasteiger partial charge in [0, 0.05) is 29.9 Å². The van der Waals surface area contributed by atoms with Crippen molar-refractivity contribution in [2.24, 2.45) is 0 Å². The molecule has 1 amide bonds. The summed E-state index contributed by atoms with van der Waals surface area (Å²) in [6.45, 7) is 0.316. The summed E-state index contributed by atoms with van der Waals surface area (Å²) in [6, 6.07) is 24.3.